The number of nitrogens with one attached hydrogen (secondary N) is 1. The molecule has 3 rings (SSSR count). The highest BCUT2D eigenvalue weighted by atomic mass is 35.5. The highest BCUT2D eigenvalue weighted by Gasteiger charge is 2.29. The molecule has 1 saturated carbocycles. The first-order chi connectivity index (χ1) is 12.3. The molecule has 1 aliphatic carbocycles. The molecule has 2 heterocycles. The van der Waals surface area contributed by atoms with Gasteiger partial charge >= 0.3 is 5.97 Å². The molecule has 1 fully saturated rings. The Balaban J connectivity index is 1.98. The summed E-state index contributed by atoms with van der Waals surface area (Å²) in [4.78, 5) is 38.3. The molecule has 140 valence electrons. The van der Waals surface area contributed by atoms with Crippen LogP contribution in [0.25, 0.3) is 10.2 Å². The van der Waals surface area contributed by atoms with Gasteiger partial charge in [0.2, 0.25) is 5.43 Å². The molecule has 1 N–H and O–H groups in total. The summed E-state index contributed by atoms with van der Waals surface area (Å²) in [5.41, 5.74) is -0.345. The van der Waals surface area contributed by atoms with E-state index in [1.807, 2.05) is 18.4 Å². The minimum atomic E-state index is -0.789. The van der Waals surface area contributed by atoms with Crippen LogP contribution in [-0.4, -0.2) is 29.6 Å². The number of pyridine rings is 1. The minimum absolute atomic E-state index is 0.0246. The highest BCUT2D eigenvalue weighted by molar-refractivity contribution is 7.22. The second-order valence-corrected chi connectivity index (χ2v) is 8.62. The van der Waals surface area contributed by atoms with Crippen LogP contribution in [0.15, 0.2) is 17.1 Å². The lowest BCUT2D eigenvalue weighted by atomic mass is 10.0. The molecule has 8 heteroatoms. The molecule has 1 unspecified atom stereocenters. The topological polar surface area (TPSA) is 77.4 Å². The predicted octanol–water partition coefficient (Wildman–Crippen LogP) is 3.37. The number of fused-ring (bicyclic) bond motifs is 1. The van der Waals surface area contributed by atoms with E-state index in [1.165, 1.54) is 18.4 Å². The van der Waals surface area contributed by atoms with Crippen molar-refractivity contribution in [1.82, 2.24) is 9.88 Å². The summed E-state index contributed by atoms with van der Waals surface area (Å²) in [5.74, 6) is -0.903. The molecule has 1 atom stereocenters. The maximum atomic E-state index is 12.8. The van der Waals surface area contributed by atoms with E-state index < -0.39 is 17.9 Å². The fraction of sp³-hybridized carbons (Fsp3) is 0.500. The average molecular weight is 397 g/mol. The zero-order valence-electron chi connectivity index (χ0n) is 14.9. The Kier molecular flexibility index (Phi) is 5.39. The van der Waals surface area contributed by atoms with E-state index >= 15 is 0 Å². The molecule has 26 heavy (non-hydrogen) atoms. The van der Waals surface area contributed by atoms with Crippen LogP contribution in [0.1, 0.15) is 49.5 Å². The summed E-state index contributed by atoms with van der Waals surface area (Å²) in [6, 6.07) is 1.10. The molecule has 0 bridgehead atoms. The fourth-order valence-electron chi connectivity index (χ4n) is 2.96. The molecule has 2 aromatic heterocycles. The zero-order valence-corrected chi connectivity index (χ0v) is 16.4. The molecular weight excluding hydrogens is 376 g/mol. The second kappa shape index (κ2) is 7.40. The molecule has 2 aromatic rings. The number of halogens is 1. The number of carbonyl (C=O) groups is 2. The van der Waals surface area contributed by atoms with Gasteiger partial charge in [0.15, 0.2) is 0 Å². The number of carbonyl (C=O) groups excluding carboxylic acids is 2. The number of aromatic nitrogens is 1. The van der Waals surface area contributed by atoms with E-state index in [0.717, 1.165) is 17.7 Å². The van der Waals surface area contributed by atoms with Crippen molar-refractivity contribution >= 4 is 45.0 Å². The van der Waals surface area contributed by atoms with Crippen LogP contribution in [0.4, 0.5) is 0 Å². The average Bonchev–Trinajstić information content (AvgIpc) is 3.34. The summed E-state index contributed by atoms with van der Waals surface area (Å²) in [6.45, 7) is 3.89. The number of hydrogen-bond acceptors (Lipinski definition) is 5. The SMILES string of the molecule is COC(=O)C(CC(C)C)NC(=O)c1cn(C2CC2)c2sc(Cl)cc2c1=O. The smallest absolute Gasteiger partial charge is 0.328 e. The van der Waals surface area contributed by atoms with Gasteiger partial charge < -0.3 is 14.6 Å². The van der Waals surface area contributed by atoms with E-state index in [2.05, 4.69) is 5.32 Å². The predicted molar refractivity (Wildman–Crippen MR) is 102 cm³/mol. The number of ether oxygens (including phenoxy) is 1. The summed E-state index contributed by atoms with van der Waals surface area (Å²) in [6.07, 6.45) is 4.04. The maximum Gasteiger partial charge on any atom is 0.328 e. The van der Waals surface area contributed by atoms with Crippen molar-refractivity contribution in [1.29, 1.82) is 0 Å². The Morgan fingerprint density at radius 2 is 2.12 bits per heavy atom. The first-order valence-electron chi connectivity index (χ1n) is 8.54. The Hall–Kier alpha value is -1.86. The van der Waals surface area contributed by atoms with Crippen molar-refractivity contribution in [2.24, 2.45) is 5.92 Å². The van der Waals surface area contributed by atoms with Crippen LogP contribution in [0, 0.1) is 5.92 Å². The van der Waals surface area contributed by atoms with Crippen molar-refractivity contribution in [2.45, 2.75) is 45.2 Å². The van der Waals surface area contributed by atoms with Crippen molar-refractivity contribution in [3.05, 3.63) is 32.4 Å². The molecule has 0 aromatic carbocycles. The number of amides is 1. The Bertz CT molecular complexity index is 914. The van der Waals surface area contributed by atoms with E-state index in [0.29, 0.717) is 16.1 Å². The van der Waals surface area contributed by atoms with Gasteiger partial charge in [0, 0.05) is 12.2 Å². The van der Waals surface area contributed by atoms with E-state index in [-0.39, 0.29) is 23.0 Å². The third-order valence-electron chi connectivity index (χ3n) is 4.36. The van der Waals surface area contributed by atoms with Gasteiger partial charge in [-0.1, -0.05) is 25.4 Å². The summed E-state index contributed by atoms with van der Waals surface area (Å²) < 4.78 is 7.24. The van der Waals surface area contributed by atoms with Crippen LogP contribution < -0.4 is 10.7 Å². The van der Waals surface area contributed by atoms with Gasteiger partial charge in [0.05, 0.1) is 16.8 Å². The number of esters is 1. The third-order valence-corrected chi connectivity index (χ3v) is 5.63. The third kappa shape index (κ3) is 3.78. The number of hydrogen-bond donors (Lipinski definition) is 1. The van der Waals surface area contributed by atoms with Crippen LogP contribution in [0.3, 0.4) is 0 Å². The summed E-state index contributed by atoms with van der Waals surface area (Å²) in [5, 5.41) is 3.10. The molecule has 0 spiro atoms. The first-order valence-corrected chi connectivity index (χ1v) is 9.74. The number of thiophene rings is 1. The molecule has 1 amide bonds. The lowest BCUT2D eigenvalue weighted by Crippen LogP contribution is -2.43. The van der Waals surface area contributed by atoms with Gasteiger partial charge in [-0.3, -0.25) is 9.59 Å². The fourth-order valence-corrected chi connectivity index (χ4v) is 4.22. The summed E-state index contributed by atoms with van der Waals surface area (Å²) >= 11 is 7.43. The van der Waals surface area contributed by atoms with Crippen molar-refractivity contribution in [3.63, 3.8) is 0 Å². The number of rotatable bonds is 6. The lowest BCUT2D eigenvalue weighted by molar-refractivity contribution is -0.143. The van der Waals surface area contributed by atoms with Crippen molar-refractivity contribution in [3.8, 4) is 0 Å². The molecular formula is C18H21ClN2O4S. The Morgan fingerprint density at radius 1 is 1.42 bits per heavy atom. The van der Waals surface area contributed by atoms with Gasteiger partial charge in [-0.15, -0.1) is 11.3 Å². The van der Waals surface area contributed by atoms with Gasteiger partial charge in [-0.25, -0.2) is 4.79 Å². The number of nitrogens with zero attached hydrogens (tertiary/aromatic N) is 1. The van der Waals surface area contributed by atoms with Crippen LogP contribution in [0.5, 0.6) is 0 Å². The Morgan fingerprint density at radius 3 is 2.69 bits per heavy atom. The van der Waals surface area contributed by atoms with Gasteiger partial charge in [-0.2, -0.15) is 0 Å². The quantitative estimate of drug-likeness (QED) is 0.759. The van der Waals surface area contributed by atoms with Crippen LogP contribution >= 0.6 is 22.9 Å². The van der Waals surface area contributed by atoms with Crippen molar-refractivity contribution in [2.75, 3.05) is 7.11 Å². The largest absolute Gasteiger partial charge is 0.467 e. The number of methoxy groups -OCH3 is 1. The highest BCUT2D eigenvalue weighted by Crippen LogP contribution is 2.39. The molecule has 6 nitrogen and oxygen atoms in total. The van der Waals surface area contributed by atoms with Crippen LogP contribution in [0.2, 0.25) is 4.34 Å². The summed E-state index contributed by atoms with van der Waals surface area (Å²) in [7, 11) is 1.28. The van der Waals surface area contributed by atoms with E-state index in [1.54, 1.807) is 12.3 Å². The molecule has 0 radical (unpaired) electrons. The zero-order chi connectivity index (χ0) is 19.0. The van der Waals surface area contributed by atoms with Gasteiger partial charge in [0.1, 0.15) is 16.4 Å². The van der Waals surface area contributed by atoms with Crippen LogP contribution in [-0.2, 0) is 9.53 Å². The monoisotopic (exact) mass is 396 g/mol. The molecule has 1 aliphatic rings. The second-order valence-electron chi connectivity index (χ2n) is 6.96. The first kappa shape index (κ1) is 18.9. The maximum absolute atomic E-state index is 12.8. The van der Waals surface area contributed by atoms with Crippen molar-refractivity contribution < 1.29 is 14.3 Å². The normalized spacial score (nSPS) is 15.3. The van der Waals surface area contributed by atoms with E-state index in [9.17, 15) is 14.4 Å². The van der Waals surface area contributed by atoms with Gasteiger partial charge in [0.25, 0.3) is 5.91 Å². The standard InChI is InChI=1S/C18H21ClN2O4S/c1-9(2)6-13(18(24)25-3)20-16(23)12-8-21(10-4-5-10)17-11(15(12)22)7-14(19)26-17/h7-10,13H,4-6H2,1-3H3,(H,20,23). The minimum Gasteiger partial charge on any atom is -0.467 e. The Labute approximate surface area is 160 Å². The molecule has 0 saturated heterocycles. The van der Waals surface area contributed by atoms with Gasteiger partial charge in [-0.05, 0) is 31.2 Å². The lowest BCUT2D eigenvalue weighted by Gasteiger charge is -2.18. The molecule has 0 aliphatic heterocycles. The van der Waals surface area contributed by atoms with E-state index in [4.69, 9.17) is 16.3 Å².